The molecule has 3 atom stereocenters. The summed E-state index contributed by atoms with van der Waals surface area (Å²) in [6.45, 7) is 2.05. The van der Waals surface area contributed by atoms with E-state index >= 15 is 0 Å². The van der Waals surface area contributed by atoms with Crippen molar-refractivity contribution in [3.8, 4) is 0 Å². The molecule has 0 bridgehead atoms. The van der Waals surface area contributed by atoms with E-state index in [0.717, 1.165) is 37.9 Å². The number of para-hydroxylation sites is 1. The van der Waals surface area contributed by atoms with Crippen LogP contribution in [-0.4, -0.2) is 51.7 Å². The Balaban J connectivity index is 1.33. The molecule has 2 N–H and O–H groups in total. The van der Waals surface area contributed by atoms with Crippen LogP contribution in [0.5, 0.6) is 0 Å². The number of nitrogens with zero attached hydrogens (tertiary/aromatic N) is 2. The quantitative estimate of drug-likeness (QED) is 0.345. The summed E-state index contributed by atoms with van der Waals surface area (Å²) in [5.41, 5.74) is 4.31. The molecule has 1 fully saturated rings. The number of aliphatic hydroxyl groups is 1. The number of benzene rings is 3. The smallest absolute Gasteiger partial charge is 0.127 e. The molecule has 0 amide bonds. The standard InChI is InChI=1S/C30H34FN3O/c1-33(20-22-9-3-2-4-10-22)28-15-16-29(30(28)35)34(21-24-11-5-7-13-26(24)31)18-17-23-19-32-27-14-8-6-12-25(23)27/h2-14,19,28-30,32,35H,15-18,20-21H2,1H3/t28-,29-,30-/m0/s1. The zero-order valence-corrected chi connectivity index (χ0v) is 20.3. The number of halogens is 1. The van der Waals surface area contributed by atoms with Crippen molar-refractivity contribution in [3.63, 3.8) is 0 Å². The van der Waals surface area contributed by atoms with Crippen LogP contribution in [-0.2, 0) is 19.5 Å². The van der Waals surface area contributed by atoms with Gasteiger partial charge in [0.25, 0.3) is 0 Å². The monoisotopic (exact) mass is 471 g/mol. The van der Waals surface area contributed by atoms with Crippen LogP contribution in [0.1, 0.15) is 29.5 Å². The van der Waals surface area contributed by atoms with Crippen molar-refractivity contribution in [2.75, 3.05) is 13.6 Å². The van der Waals surface area contributed by atoms with Crippen molar-refractivity contribution in [2.45, 2.75) is 50.5 Å². The second-order valence-electron chi connectivity index (χ2n) is 9.77. The number of aliphatic hydroxyl groups excluding tert-OH is 1. The van der Waals surface area contributed by atoms with Gasteiger partial charge in [0.1, 0.15) is 5.82 Å². The Bertz CT molecular complexity index is 1240. The van der Waals surface area contributed by atoms with E-state index in [4.69, 9.17) is 0 Å². The molecular formula is C30H34FN3O. The predicted molar refractivity (Wildman–Crippen MR) is 140 cm³/mol. The molecule has 35 heavy (non-hydrogen) atoms. The molecule has 0 spiro atoms. The van der Waals surface area contributed by atoms with E-state index in [2.05, 4.69) is 70.5 Å². The summed E-state index contributed by atoms with van der Waals surface area (Å²) in [6.07, 6.45) is 4.25. The maximum Gasteiger partial charge on any atom is 0.127 e. The average Bonchev–Trinajstić information content (AvgIpc) is 3.47. The fourth-order valence-corrected chi connectivity index (χ4v) is 5.62. The van der Waals surface area contributed by atoms with E-state index in [0.29, 0.717) is 12.1 Å². The molecule has 1 saturated carbocycles. The van der Waals surface area contributed by atoms with Crippen molar-refractivity contribution in [1.82, 2.24) is 14.8 Å². The van der Waals surface area contributed by atoms with Crippen molar-refractivity contribution >= 4 is 10.9 Å². The van der Waals surface area contributed by atoms with Crippen LogP contribution in [0.25, 0.3) is 10.9 Å². The molecule has 5 heteroatoms. The molecule has 4 aromatic rings. The molecule has 3 aromatic carbocycles. The van der Waals surface area contributed by atoms with Gasteiger partial charge in [0.05, 0.1) is 6.10 Å². The first-order valence-corrected chi connectivity index (χ1v) is 12.5. The molecule has 0 aliphatic heterocycles. The lowest BCUT2D eigenvalue weighted by Gasteiger charge is -2.34. The highest BCUT2D eigenvalue weighted by atomic mass is 19.1. The summed E-state index contributed by atoms with van der Waals surface area (Å²) in [7, 11) is 2.09. The van der Waals surface area contributed by atoms with E-state index < -0.39 is 6.10 Å². The van der Waals surface area contributed by atoms with E-state index in [9.17, 15) is 9.50 Å². The third kappa shape index (κ3) is 5.32. The normalized spacial score (nSPS) is 20.3. The topological polar surface area (TPSA) is 42.5 Å². The molecule has 1 aliphatic rings. The maximum absolute atomic E-state index is 14.6. The molecular weight excluding hydrogens is 437 g/mol. The summed E-state index contributed by atoms with van der Waals surface area (Å²) in [6, 6.07) is 25.8. The van der Waals surface area contributed by atoms with E-state index in [1.54, 1.807) is 6.07 Å². The van der Waals surface area contributed by atoms with Gasteiger partial charge in [-0.3, -0.25) is 9.80 Å². The Morgan fingerprint density at radius 3 is 2.40 bits per heavy atom. The van der Waals surface area contributed by atoms with Gasteiger partial charge >= 0.3 is 0 Å². The molecule has 1 heterocycles. The fraction of sp³-hybridized carbons (Fsp3) is 0.333. The number of rotatable bonds is 9. The lowest BCUT2D eigenvalue weighted by molar-refractivity contribution is 0.0213. The first kappa shape index (κ1) is 23.7. The Morgan fingerprint density at radius 1 is 0.857 bits per heavy atom. The second kappa shape index (κ2) is 10.7. The van der Waals surface area contributed by atoms with Gasteiger partial charge in [-0.25, -0.2) is 4.39 Å². The number of fused-ring (bicyclic) bond motifs is 1. The van der Waals surface area contributed by atoms with Gasteiger partial charge < -0.3 is 10.1 Å². The van der Waals surface area contributed by atoms with E-state index in [-0.39, 0.29) is 17.9 Å². The number of hydrogen-bond donors (Lipinski definition) is 2. The molecule has 4 nitrogen and oxygen atoms in total. The minimum Gasteiger partial charge on any atom is -0.390 e. The summed E-state index contributed by atoms with van der Waals surface area (Å²) in [4.78, 5) is 7.92. The Morgan fingerprint density at radius 2 is 1.57 bits per heavy atom. The number of aromatic amines is 1. The third-order valence-electron chi connectivity index (χ3n) is 7.53. The number of H-pyrrole nitrogens is 1. The van der Waals surface area contributed by atoms with E-state index in [1.807, 2.05) is 24.3 Å². The molecule has 0 radical (unpaired) electrons. The number of hydrogen-bond acceptors (Lipinski definition) is 3. The molecule has 0 unspecified atom stereocenters. The molecule has 1 aliphatic carbocycles. The predicted octanol–water partition coefficient (Wildman–Crippen LogP) is 5.38. The second-order valence-corrected chi connectivity index (χ2v) is 9.77. The van der Waals surface area contributed by atoms with Crippen LogP contribution in [0.3, 0.4) is 0 Å². The number of aromatic nitrogens is 1. The van der Waals surface area contributed by atoms with Gasteiger partial charge in [-0.2, -0.15) is 0 Å². The number of likely N-dealkylation sites (N-methyl/N-ethyl adjacent to an activating group) is 1. The largest absolute Gasteiger partial charge is 0.390 e. The lowest BCUT2D eigenvalue weighted by atomic mass is 10.1. The Kier molecular flexibility index (Phi) is 7.28. The van der Waals surface area contributed by atoms with Gasteiger partial charge in [-0.15, -0.1) is 0 Å². The highest BCUT2D eigenvalue weighted by molar-refractivity contribution is 5.83. The molecule has 182 valence electrons. The van der Waals surface area contributed by atoms with Crippen LogP contribution < -0.4 is 0 Å². The van der Waals surface area contributed by atoms with Crippen molar-refractivity contribution in [3.05, 3.63) is 108 Å². The summed E-state index contributed by atoms with van der Waals surface area (Å²) >= 11 is 0. The summed E-state index contributed by atoms with van der Waals surface area (Å²) in [5, 5.41) is 12.7. The SMILES string of the molecule is CN(Cc1ccccc1)[C@H]1CC[C@H](N(CCc2c[nH]c3ccccc23)Cc2ccccc2F)[C@H]1O. The fourth-order valence-electron chi connectivity index (χ4n) is 5.62. The summed E-state index contributed by atoms with van der Waals surface area (Å²) < 4.78 is 14.6. The average molecular weight is 472 g/mol. The minimum absolute atomic E-state index is 0.0111. The van der Waals surface area contributed by atoms with Crippen molar-refractivity contribution < 1.29 is 9.50 Å². The zero-order valence-electron chi connectivity index (χ0n) is 20.3. The van der Waals surface area contributed by atoms with Crippen LogP contribution in [0, 0.1) is 5.82 Å². The highest BCUT2D eigenvalue weighted by Gasteiger charge is 2.40. The Labute approximate surface area is 207 Å². The molecule has 5 rings (SSSR count). The van der Waals surface area contributed by atoms with Gasteiger partial charge in [0.2, 0.25) is 0 Å². The molecule has 1 aromatic heterocycles. The van der Waals surface area contributed by atoms with Crippen LogP contribution in [0.4, 0.5) is 4.39 Å². The first-order chi connectivity index (χ1) is 17.1. The van der Waals surface area contributed by atoms with Crippen LogP contribution >= 0.6 is 0 Å². The van der Waals surface area contributed by atoms with Gasteiger partial charge in [0.15, 0.2) is 0 Å². The molecule has 0 saturated heterocycles. The van der Waals surface area contributed by atoms with Crippen molar-refractivity contribution in [1.29, 1.82) is 0 Å². The maximum atomic E-state index is 14.6. The van der Waals surface area contributed by atoms with Crippen LogP contribution in [0.2, 0.25) is 0 Å². The van der Waals surface area contributed by atoms with Crippen LogP contribution in [0.15, 0.2) is 85.1 Å². The van der Waals surface area contributed by atoms with Crippen molar-refractivity contribution in [2.24, 2.45) is 0 Å². The summed E-state index contributed by atoms with van der Waals surface area (Å²) in [5.74, 6) is -0.185. The van der Waals surface area contributed by atoms with Gasteiger partial charge in [-0.05, 0) is 49.6 Å². The van der Waals surface area contributed by atoms with Gasteiger partial charge in [-0.1, -0.05) is 66.7 Å². The zero-order chi connectivity index (χ0) is 24.2. The Hall–Kier alpha value is -2.99. The first-order valence-electron chi connectivity index (χ1n) is 12.5. The number of nitrogens with one attached hydrogen (secondary N) is 1. The van der Waals surface area contributed by atoms with Gasteiger partial charge in [0, 0.05) is 54.4 Å². The van der Waals surface area contributed by atoms with E-state index in [1.165, 1.54) is 22.6 Å². The lowest BCUT2D eigenvalue weighted by Crippen LogP contribution is -2.47. The highest BCUT2D eigenvalue weighted by Crippen LogP contribution is 2.31. The minimum atomic E-state index is -0.488. The third-order valence-corrected chi connectivity index (χ3v) is 7.53.